The molecule has 5 rings (SSSR count). The van der Waals surface area contributed by atoms with Gasteiger partial charge in [0.05, 0.1) is 19.0 Å². The van der Waals surface area contributed by atoms with Crippen molar-refractivity contribution in [3.8, 4) is 16.9 Å². The van der Waals surface area contributed by atoms with Gasteiger partial charge in [-0.15, -0.1) is 11.3 Å². The average molecular weight is 483 g/mol. The fourth-order valence-corrected chi connectivity index (χ4v) is 5.26. The smallest absolute Gasteiger partial charge is 0.260 e. The number of aromatic amines is 1. The second kappa shape index (κ2) is 9.61. The van der Waals surface area contributed by atoms with Gasteiger partial charge in [0.15, 0.2) is 11.6 Å². The van der Waals surface area contributed by atoms with Crippen molar-refractivity contribution in [3.05, 3.63) is 81.2 Å². The molecule has 1 aliphatic rings. The number of thiophene rings is 1. The lowest BCUT2D eigenvalue weighted by Crippen LogP contribution is -2.45. The zero-order valence-corrected chi connectivity index (χ0v) is 19.5. The summed E-state index contributed by atoms with van der Waals surface area (Å²) < 4.78 is 32.2. The highest BCUT2D eigenvalue weighted by molar-refractivity contribution is 7.17. The molecule has 2 aromatic carbocycles. The molecule has 1 fully saturated rings. The van der Waals surface area contributed by atoms with Gasteiger partial charge in [0, 0.05) is 43.7 Å². The number of nitrogens with zero attached hydrogens (tertiary/aromatic N) is 3. The molecule has 34 heavy (non-hydrogen) atoms. The highest BCUT2D eigenvalue weighted by atomic mass is 32.1. The van der Waals surface area contributed by atoms with Crippen molar-refractivity contribution in [2.45, 2.75) is 13.1 Å². The summed E-state index contributed by atoms with van der Waals surface area (Å²) in [5, 5.41) is 2.43. The second-order valence-corrected chi connectivity index (χ2v) is 9.23. The summed E-state index contributed by atoms with van der Waals surface area (Å²) in [6.07, 6.45) is 0. The third kappa shape index (κ3) is 4.72. The predicted octanol–water partition coefficient (Wildman–Crippen LogP) is 4.26. The molecule has 2 aromatic heterocycles. The Balaban J connectivity index is 1.23. The SMILES string of the molecule is COc1ccc(CN2CCN(Cc3nc4scc(-c5ccc(F)cc5)c4c(=O)[nH]3)CC2)cc1F. The van der Waals surface area contributed by atoms with Gasteiger partial charge in [-0.05, 0) is 35.4 Å². The Bertz CT molecular complexity index is 1360. The van der Waals surface area contributed by atoms with Crippen LogP contribution in [0.4, 0.5) is 8.78 Å². The summed E-state index contributed by atoms with van der Waals surface area (Å²) in [6.45, 7) is 4.57. The van der Waals surface area contributed by atoms with Gasteiger partial charge in [0.25, 0.3) is 5.56 Å². The molecule has 3 heterocycles. The van der Waals surface area contributed by atoms with E-state index in [1.807, 2.05) is 11.4 Å². The molecule has 1 saturated heterocycles. The van der Waals surface area contributed by atoms with Gasteiger partial charge in [-0.2, -0.15) is 0 Å². The Kier molecular flexibility index (Phi) is 6.40. The van der Waals surface area contributed by atoms with Crippen LogP contribution in [0.2, 0.25) is 0 Å². The molecule has 0 spiro atoms. The number of methoxy groups -OCH3 is 1. The number of hydrogen-bond donors (Lipinski definition) is 1. The number of ether oxygens (including phenoxy) is 1. The topological polar surface area (TPSA) is 61.5 Å². The molecule has 9 heteroatoms. The second-order valence-electron chi connectivity index (χ2n) is 8.37. The molecule has 6 nitrogen and oxygen atoms in total. The predicted molar refractivity (Wildman–Crippen MR) is 129 cm³/mol. The Hall–Kier alpha value is -3.14. The first-order chi connectivity index (χ1) is 16.5. The van der Waals surface area contributed by atoms with E-state index in [0.29, 0.717) is 29.1 Å². The third-order valence-corrected chi connectivity index (χ3v) is 6.98. The van der Waals surface area contributed by atoms with Crippen LogP contribution in [0.5, 0.6) is 5.75 Å². The molecular weight excluding hydrogens is 458 g/mol. The minimum absolute atomic E-state index is 0.180. The van der Waals surface area contributed by atoms with E-state index in [2.05, 4.69) is 19.8 Å². The summed E-state index contributed by atoms with van der Waals surface area (Å²) in [4.78, 5) is 25.7. The number of H-pyrrole nitrogens is 1. The van der Waals surface area contributed by atoms with Crippen molar-refractivity contribution in [3.63, 3.8) is 0 Å². The largest absolute Gasteiger partial charge is 0.494 e. The van der Waals surface area contributed by atoms with Crippen molar-refractivity contribution >= 4 is 21.6 Å². The number of nitrogens with one attached hydrogen (secondary N) is 1. The van der Waals surface area contributed by atoms with Gasteiger partial charge in [0.1, 0.15) is 16.5 Å². The third-order valence-electron chi connectivity index (χ3n) is 6.11. The van der Waals surface area contributed by atoms with Gasteiger partial charge in [-0.25, -0.2) is 13.8 Å². The maximum absolute atomic E-state index is 14.0. The lowest BCUT2D eigenvalue weighted by molar-refractivity contribution is 0.120. The minimum atomic E-state index is -0.347. The summed E-state index contributed by atoms with van der Waals surface area (Å²) in [5.41, 5.74) is 2.29. The summed E-state index contributed by atoms with van der Waals surface area (Å²) in [6, 6.07) is 11.2. The first-order valence-corrected chi connectivity index (χ1v) is 11.9. The van der Waals surface area contributed by atoms with E-state index < -0.39 is 0 Å². The van der Waals surface area contributed by atoms with Crippen molar-refractivity contribution in [1.82, 2.24) is 19.8 Å². The van der Waals surface area contributed by atoms with Crippen LogP contribution in [0.25, 0.3) is 21.3 Å². The van der Waals surface area contributed by atoms with E-state index in [0.717, 1.165) is 42.9 Å². The van der Waals surface area contributed by atoms with E-state index in [-0.39, 0.29) is 22.9 Å². The average Bonchev–Trinajstić information content (AvgIpc) is 3.26. The van der Waals surface area contributed by atoms with Crippen molar-refractivity contribution < 1.29 is 13.5 Å². The maximum atomic E-state index is 14.0. The normalized spacial score (nSPS) is 15.1. The van der Waals surface area contributed by atoms with Gasteiger partial charge >= 0.3 is 0 Å². The van der Waals surface area contributed by atoms with Gasteiger partial charge < -0.3 is 9.72 Å². The van der Waals surface area contributed by atoms with E-state index in [4.69, 9.17) is 4.74 Å². The summed E-state index contributed by atoms with van der Waals surface area (Å²) >= 11 is 1.42. The number of hydrogen-bond acceptors (Lipinski definition) is 6. The quantitative estimate of drug-likeness (QED) is 0.445. The fourth-order valence-electron chi connectivity index (χ4n) is 4.29. The highest BCUT2D eigenvalue weighted by Crippen LogP contribution is 2.31. The molecule has 4 aromatic rings. The van der Waals surface area contributed by atoms with Gasteiger partial charge in [0.2, 0.25) is 0 Å². The fraction of sp³-hybridized carbons (Fsp3) is 0.280. The molecule has 0 bridgehead atoms. The number of halogens is 2. The Morgan fingerprint density at radius 2 is 1.74 bits per heavy atom. The highest BCUT2D eigenvalue weighted by Gasteiger charge is 2.20. The Morgan fingerprint density at radius 1 is 1.03 bits per heavy atom. The number of piperazine rings is 1. The van der Waals surface area contributed by atoms with Crippen LogP contribution >= 0.6 is 11.3 Å². The maximum Gasteiger partial charge on any atom is 0.260 e. The van der Waals surface area contributed by atoms with Gasteiger partial charge in [-0.3, -0.25) is 14.6 Å². The molecule has 0 aliphatic carbocycles. The zero-order chi connectivity index (χ0) is 23.7. The number of aromatic nitrogens is 2. The van der Waals surface area contributed by atoms with Crippen LogP contribution in [0.1, 0.15) is 11.4 Å². The number of benzene rings is 2. The zero-order valence-electron chi connectivity index (χ0n) is 18.7. The van der Waals surface area contributed by atoms with Crippen LogP contribution in [-0.2, 0) is 13.1 Å². The van der Waals surface area contributed by atoms with Crippen LogP contribution < -0.4 is 10.3 Å². The molecule has 0 unspecified atom stereocenters. The molecule has 0 amide bonds. The van der Waals surface area contributed by atoms with E-state index in [1.54, 1.807) is 18.2 Å². The van der Waals surface area contributed by atoms with Gasteiger partial charge in [-0.1, -0.05) is 18.2 Å². The summed E-state index contributed by atoms with van der Waals surface area (Å²) in [7, 11) is 1.46. The van der Waals surface area contributed by atoms with Crippen molar-refractivity contribution in [2.24, 2.45) is 0 Å². The monoisotopic (exact) mass is 482 g/mol. The molecule has 0 atom stereocenters. The molecule has 176 valence electrons. The summed E-state index contributed by atoms with van der Waals surface area (Å²) in [5.74, 6) is 0.229. The Morgan fingerprint density at radius 3 is 2.41 bits per heavy atom. The van der Waals surface area contributed by atoms with Crippen LogP contribution in [0.3, 0.4) is 0 Å². The van der Waals surface area contributed by atoms with Crippen LogP contribution in [0.15, 0.2) is 52.6 Å². The minimum Gasteiger partial charge on any atom is -0.494 e. The van der Waals surface area contributed by atoms with Crippen LogP contribution in [-0.4, -0.2) is 53.1 Å². The standard InChI is InChI=1S/C25H24F2N4O2S/c1-33-21-7-2-16(12-20(21)27)13-30-8-10-31(11-9-30)14-22-28-24(32)23-19(15-34-25(23)29-22)17-3-5-18(26)6-4-17/h2-7,12,15H,8-11,13-14H2,1H3,(H,28,29,32). The first kappa shape index (κ1) is 22.6. The lowest BCUT2D eigenvalue weighted by Gasteiger charge is -2.34. The molecule has 1 N–H and O–H groups in total. The number of fused-ring (bicyclic) bond motifs is 1. The van der Waals surface area contributed by atoms with E-state index in [1.165, 1.54) is 36.6 Å². The van der Waals surface area contributed by atoms with Crippen molar-refractivity contribution in [2.75, 3.05) is 33.3 Å². The lowest BCUT2D eigenvalue weighted by atomic mass is 10.1. The molecule has 0 saturated carbocycles. The molecule has 1 aliphatic heterocycles. The Labute approximate surface area is 199 Å². The van der Waals surface area contributed by atoms with E-state index in [9.17, 15) is 13.6 Å². The van der Waals surface area contributed by atoms with E-state index >= 15 is 0 Å². The van der Waals surface area contributed by atoms with Crippen LogP contribution in [0, 0.1) is 11.6 Å². The number of rotatable bonds is 6. The molecular formula is C25H24F2N4O2S. The van der Waals surface area contributed by atoms with Crippen molar-refractivity contribution in [1.29, 1.82) is 0 Å². The first-order valence-electron chi connectivity index (χ1n) is 11.0. The molecule has 0 radical (unpaired) electrons.